The summed E-state index contributed by atoms with van der Waals surface area (Å²) in [5.41, 5.74) is 0. The molecule has 2 N–H and O–H groups in total. The molecule has 2 heterocycles. The summed E-state index contributed by atoms with van der Waals surface area (Å²) < 4.78 is 4.49. The number of ether oxygens (including phenoxy) is 1. The Morgan fingerprint density at radius 1 is 1.53 bits per heavy atom. The minimum Gasteiger partial charge on any atom is -0.453 e. The summed E-state index contributed by atoms with van der Waals surface area (Å²) in [5.74, 6) is -0.268. The third-order valence-electron chi connectivity index (χ3n) is 3.12. The third kappa shape index (κ3) is 2.04. The first-order valence-electron chi connectivity index (χ1n) is 5.48. The molecule has 94 valence electrons. The lowest BCUT2D eigenvalue weighted by atomic mass is 10.1. The van der Waals surface area contributed by atoms with Crippen LogP contribution >= 0.6 is 0 Å². The summed E-state index contributed by atoms with van der Waals surface area (Å²) in [6, 6.07) is -1.19. The van der Waals surface area contributed by atoms with E-state index in [-0.39, 0.29) is 17.9 Å². The molecule has 2 rings (SSSR count). The van der Waals surface area contributed by atoms with Crippen LogP contribution in [0.5, 0.6) is 0 Å². The number of alkyl carbamates (subject to hydrolysis) is 1. The van der Waals surface area contributed by atoms with E-state index < -0.39 is 18.2 Å². The highest BCUT2D eigenvalue weighted by atomic mass is 16.5. The van der Waals surface area contributed by atoms with Gasteiger partial charge in [-0.3, -0.25) is 9.59 Å². The number of hydrogen-bond donors (Lipinski definition) is 2. The molecule has 2 aliphatic rings. The zero-order chi connectivity index (χ0) is 12.6. The fraction of sp³-hybridized carbons (Fsp3) is 0.700. The normalized spacial score (nSPS) is 31.9. The van der Waals surface area contributed by atoms with Crippen molar-refractivity contribution in [3.63, 3.8) is 0 Å². The molecule has 3 atom stereocenters. The lowest BCUT2D eigenvalue weighted by molar-refractivity contribution is -0.146. The van der Waals surface area contributed by atoms with Crippen molar-refractivity contribution in [1.82, 2.24) is 15.5 Å². The number of nitrogens with one attached hydrogen (secondary N) is 2. The fourth-order valence-corrected chi connectivity index (χ4v) is 2.28. The SMILES string of the molecule is COC(=O)N[C@H]1C[C@H]2C(=O)N[C@@H](C)C(=O)N2C1. The Kier molecular flexibility index (Phi) is 2.91. The van der Waals surface area contributed by atoms with Gasteiger partial charge in [-0.2, -0.15) is 0 Å². The molecule has 0 aromatic heterocycles. The standard InChI is InChI=1S/C10H15N3O4/c1-5-9(15)13-4-6(12-10(16)17-2)3-7(13)8(14)11-5/h5-7H,3-4H2,1-2H3,(H,11,14)(H,12,16)/t5-,6-,7-/m0/s1. The molecule has 7 heteroatoms. The topological polar surface area (TPSA) is 87.7 Å². The highest BCUT2D eigenvalue weighted by Gasteiger charge is 2.45. The number of carbonyl (C=O) groups excluding carboxylic acids is 3. The summed E-state index contributed by atoms with van der Waals surface area (Å²) >= 11 is 0. The van der Waals surface area contributed by atoms with Gasteiger partial charge in [0.2, 0.25) is 11.8 Å². The van der Waals surface area contributed by atoms with E-state index in [2.05, 4.69) is 15.4 Å². The first-order chi connectivity index (χ1) is 8.02. The number of rotatable bonds is 1. The number of amides is 3. The molecule has 0 aromatic carbocycles. The van der Waals surface area contributed by atoms with Crippen LogP contribution in [0.1, 0.15) is 13.3 Å². The van der Waals surface area contributed by atoms with Gasteiger partial charge in [-0.05, 0) is 13.3 Å². The predicted molar refractivity (Wildman–Crippen MR) is 57.1 cm³/mol. The molecule has 3 amide bonds. The maximum atomic E-state index is 11.8. The van der Waals surface area contributed by atoms with E-state index in [0.29, 0.717) is 13.0 Å². The van der Waals surface area contributed by atoms with Crippen LogP contribution in [0.3, 0.4) is 0 Å². The van der Waals surface area contributed by atoms with Gasteiger partial charge in [0.05, 0.1) is 13.2 Å². The summed E-state index contributed by atoms with van der Waals surface area (Å²) in [6.45, 7) is 2.01. The van der Waals surface area contributed by atoms with Crippen LogP contribution in [0.2, 0.25) is 0 Å². The Morgan fingerprint density at radius 2 is 2.24 bits per heavy atom. The Balaban J connectivity index is 2.05. The van der Waals surface area contributed by atoms with Crippen molar-refractivity contribution in [2.75, 3.05) is 13.7 Å². The molecular formula is C10H15N3O4. The van der Waals surface area contributed by atoms with Crippen LogP contribution in [0.15, 0.2) is 0 Å². The van der Waals surface area contributed by atoms with Gasteiger partial charge < -0.3 is 20.3 Å². The largest absolute Gasteiger partial charge is 0.453 e. The smallest absolute Gasteiger partial charge is 0.407 e. The van der Waals surface area contributed by atoms with Crippen LogP contribution in [0.4, 0.5) is 4.79 Å². The number of methoxy groups -OCH3 is 1. The van der Waals surface area contributed by atoms with Crippen molar-refractivity contribution in [3.8, 4) is 0 Å². The minimum absolute atomic E-state index is 0.108. The third-order valence-corrected chi connectivity index (χ3v) is 3.12. The molecule has 0 aliphatic carbocycles. The Morgan fingerprint density at radius 3 is 2.88 bits per heavy atom. The first-order valence-corrected chi connectivity index (χ1v) is 5.48. The number of carbonyl (C=O) groups is 3. The van der Waals surface area contributed by atoms with Crippen LogP contribution < -0.4 is 10.6 Å². The monoisotopic (exact) mass is 241 g/mol. The van der Waals surface area contributed by atoms with Gasteiger partial charge in [0.1, 0.15) is 12.1 Å². The average molecular weight is 241 g/mol. The van der Waals surface area contributed by atoms with Crippen molar-refractivity contribution in [3.05, 3.63) is 0 Å². The van der Waals surface area contributed by atoms with E-state index in [1.165, 1.54) is 12.0 Å². The summed E-state index contributed by atoms with van der Waals surface area (Å²) in [4.78, 5) is 36.1. The summed E-state index contributed by atoms with van der Waals surface area (Å²) in [5, 5.41) is 5.22. The second kappa shape index (κ2) is 4.23. The van der Waals surface area contributed by atoms with Crippen molar-refractivity contribution in [2.24, 2.45) is 0 Å². The van der Waals surface area contributed by atoms with Gasteiger partial charge in [-0.25, -0.2) is 4.79 Å². The van der Waals surface area contributed by atoms with Crippen LogP contribution in [-0.4, -0.2) is 54.6 Å². The Bertz CT molecular complexity index is 371. The van der Waals surface area contributed by atoms with Gasteiger partial charge >= 0.3 is 6.09 Å². The van der Waals surface area contributed by atoms with E-state index in [4.69, 9.17) is 0 Å². The van der Waals surface area contributed by atoms with Crippen LogP contribution in [0.25, 0.3) is 0 Å². The van der Waals surface area contributed by atoms with Crippen LogP contribution in [-0.2, 0) is 14.3 Å². The maximum absolute atomic E-state index is 11.8. The fourth-order valence-electron chi connectivity index (χ4n) is 2.28. The molecule has 0 bridgehead atoms. The average Bonchev–Trinajstić information content (AvgIpc) is 2.70. The molecule has 2 aliphatic heterocycles. The van der Waals surface area contributed by atoms with E-state index in [1.54, 1.807) is 6.92 Å². The number of piperazine rings is 1. The molecular weight excluding hydrogens is 226 g/mol. The summed E-state index contributed by atoms with van der Waals surface area (Å²) in [6.07, 6.45) is -0.116. The van der Waals surface area contributed by atoms with Gasteiger partial charge in [0.15, 0.2) is 0 Å². The van der Waals surface area contributed by atoms with Crippen molar-refractivity contribution >= 4 is 17.9 Å². The zero-order valence-corrected chi connectivity index (χ0v) is 9.73. The number of hydrogen-bond acceptors (Lipinski definition) is 4. The van der Waals surface area contributed by atoms with E-state index in [1.807, 2.05) is 0 Å². The quantitative estimate of drug-likeness (QED) is 0.605. The van der Waals surface area contributed by atoms with E-state index >= 15 is 0 Å². The minimum atomic E-state index is -0.546. The lowest BCUT2D eigenvalue weighted by Crippen LogP contribution is -2.60. The number of fused-ring (bicyclic) bond motifs is 1. The van der Waals surface area contributed by atoms with Gasteiger partial charge in [-0.15, -0.1) is 0 Å². The van der Waals surface area contributed by atoms with Crippen molar-refractivity contribution < 1.29 is 19.1 Å². The number of nitrogens with zero attached hydrogens (tertiary/aromatic N) is 1. The highest BCUT2D eigenvalue weighted by molar-refractivity contribution is 5.97. The Hall–Kier alpha value is -1.79. The molecule has 2 fully saturated rings. The second-order valence-corrected chi connectivity index (χ2v) is 4.31. The molecule has 17 heavy (non-hydrogen) atoms. The highest BCUT2D eigenvalue weighted by Crippen LogP contribution is 2.22. The van der Waals surface area contributed by atoms with Crippen molar-refractivity contribution in [1.29, 1.82) is 0 Å². The van der Waals surface area contributed by atoms with Crippen molar-refractivity contribution in [2.45, 2.75) is 31.5 Å². The molecule has 0 radical (unpaired) electrons. The molecule has 2 saturated heterocycles. The van der Waals surface area contributed by atoms with E-state index in [0.717, 1.165) is 0 Å². The lowest BCUT2D eigenvalue weighted by Gasteiger charge is -2.32. The maximum Gasteiger partial charge on any atom is 0.407 e. The summed E-state index contributed by atoms with van der Waals surface area (Å²) in [7, 11) is 1.28. The first kappa shape index (κ1) is 11.7. The van der Waals surface area contributed by atoms with Gasteiger partial charge in [0, 0.05) is 6.54 Å². The Labute approximate surface area is 98.5 Å². The molecule has 0 aromatic rings. The van der Waals surface area contributed by atoms with Gasteiger partial charge in [0.25, 0.3) is 0 Å². The molecule has 0 unspecified atom stereocenters. The molecule has 7 nitrogen and oxygen atoms in total. The second-order valence-electron chi connectivity index (χ2n) is 4.31. The van der Waals surface area contributed by atoms with Gasteiger partial charge in [-0.1, -0.05) is 0 Å². The molecule has 0 spiro atoms. The molecule has 0 saturated carbocycles. The zero-order valence-electron chi connectivity index (χ0n) is 9.73. The van der Waals surface area contributed by atoms with Crippen LogP contribution in [0, 0.1) is 0 Å². The predicted octanol–water partition coefficient (Wildman–Crippen LogP) is -1.17. The van der Waals surface area contributed by atoms with E-state index in [9.17, 15) is 14.4 Å².